The molecule has 3 rings (SSSR count). The number of halogens is 1. The Labute approximate surface area is 172 Å². The van der Waals surface area contributed by atoms with Gasteiger partial charge in [0.2, 0.25) is 5.88 Å². The molecule has 0 bridgehead atoms. The summed E-state index contributed by atoms with van der Waals surface area (Å²) in [6.45, 7) is 3.92. The summed E-state index contributed by atoms with van der Waals surface area (Å²) >= 11 is 0. The number of pyridine rings is 1. The normalized spacial score (nSPS) is 21.7. The topological polar surface area (TPSA) is 92.7 Å². The highest BCUT2D eigenvalue weighted by Gasteiger charge is 2.28. The molecule has 1 aliphatic heterocycles. The predicted octanol–water partition coefficient (Wildman–Crippen LogP) is 1.73. The maximum absolute atomic E-state index is 11.6. The van der Waals surface area contributed by atoms with E-state index in [0.29, 0.717) is 30.7 Å². The van der Waals surface area contributed by atoms with Crippen LogP contribution in [0.15, 0.2) is 23.3 Å². The molecule has 2 heterocycles. The maximum Gasteiger partial charge on any atom is 0.213 e. The zero-order chi connectivity index (χ0) is 17.7. The number of aromatic nitrogens is 1. The van der Waals surface area contributed by atoms with E-state index in [1.807, 2.05) is 19.1 Å². The zero-order valence-corrected chi connectivity index (χ0v) is 18.1. The molecule has 9 heteroatoms. The Kier molecular flexibility index (Phi) is 7.93. The fourth-order valence-electron chi connectivity index (χ4n) is 2.71. The van der Waals surface area contributed by atoms with Crippen molar-refractivity contribution in [3.05, 3.63) is 23.9 Å². The predicted molar refractivity (Wildman–Crippen MR) is 113 cm³/mol. The molecule has 0 radical (unpaired) electrons. The monoisotopic (exact) mass is 494 g/mol. The maximum atomic E-state index is 11.6. The highest BCUT2D eigenvalue weighted by Crippen LogP contribution is 2.29. The van der Waals surface area contributed by atoms with Crippen LogP contribution in [0.3, 0.4) is 0 Å². The Hall–Kier alpha value is -1.10. The Morgan fingerprint density at radius 2 is 2.19 bits per heavy atom. The minimum Gasteiger partial charge on any atom is -0.477 e. The van der Waals surface area contributed by atoms with E-state index in [1.165, 1.54) is 12.8 Å². The molecular weight excluding hydrogens is 467 g/mol. The van der Waals surface area contributed by atoms with E-state index in [2.05, 4.69) is 20.6 Å². The van der Waals surface area contributed by atoms with Crippen LogP contribution in [0.5, 0.6) is 5.88 Å². The standard InChI is InChI=1S/C17H26N4O3S.HI/c1-2-18-17(21-15-6-8-25(22,23)12-15)20-10-14-5-7-19-16(9-14)24-11-13-3-4-13;/h5,7,9,13,15H,2-4,6,8,10-12H2,1H3,(H2,18,20,21);1H. The van der Waals surface area contributed by atoms with Crippen LogP contribution in [0.1, 0.15) is 31.7 Å². The number of nitrogens with zero attached hydrogens (tertiary/aromatic N) is 2. The Balaban J connectivity index is 0.00000243. The summed E-state index contributed by atoms with van der Waals surface area (Å²) in [6, 6.07) is 3.75. The molecule has 2 fully saturated rings. The summed E-state index contributed by atoms with van der Waals surface area (Å²) in [5, 5.41) is 6.39. The summed E-state index contributed by atoms with van der Waals surface area (Å²) in [5.41, 5.74) is 1.01. The third kappa shape index (κ3) is 6.90. The van der Waals surface area contributed by atoms with Gasteiger partial charge in [-0.1, -0.05) is 0 Å². The van der Waals surface area contributed by atoms with E-state index < -0.39 is 9.84 Å². The van der Waals surface area contributed by atoms with Crippen molar-refractivity contribution >= 4 is 39.8 Å². The molecule has 2 aliphatic rings. The molecular formula is C17H27IN4O3S. The van der Waals surface area contributed by atoms with Crippen LogP contribution in [-0.4, -0.2) is 50.1 Å². The lowest BCUT2D eigenvalue weighted by atomic mass is 10.2. The molecule has 1 saturated carbocycles. The lowest BCUT2D eigenvalue weighted by Crippen LogP contribution is -2.44. The van der Waals surface area contributed by atoms with Crippen LogP contribution >= 0.6 is 24.0 Å². The molecule has 0 amide bonds. The molecule has 1 saturated heterocycles. The molecule has 1 aromatic rings. The van der Waals surface area contributed by atoms with Crippen molar-refractivity contribution < 1.29 is 13.2 Å². The van der Waals surface area contributed by atoms with Crippen molar-refractivity contribution in [3.63, 3.8) is 0 Å². The molecule has 146 valence electrons. The van der Waals surface area contributed by atoms with Crippen molar-refractivity contribution in [3.8, 4) is 5.88 Å². The second kappa shape index (κ2) is 9.72. The van der Waals surface area contributed by atoms with Crippen molar-refractivity contribution in [1.29, 1.82) is 0 Å². The second-order valence-corrected chi connectivity index (χ2v) is 8.92. The first-order valence-electron chi connectivity index (χ1n) is 8.87. The number of nitrogens with one attached hydrogen (secondary N) is 2. The average molecular weight is 494 g/mol. The molecule has 0 spiro atoms. The first-order valence-corrected chi connectivity index (χ1v) is 10.7. The van der Waals surface area contributed by atoms with Crippen molar-refractivity contribution in [2.24, 2.45) is 10.9 Å². The SMILES string of the molecule is CCNC(=NCc1ccnc(OCC2CC2)c1)NC1CCS(=O)(=O)C1.I. The van der Waals surface area contributed by atoms with Gasteiger partial charge in [-0.25, -0.2) is 18.4 Å². The third-order valence-corrected chi connectivity index (χ3v) is 6.07. The quantitative estimate of drug-likeness (QED) is 0.341. The van der Waals surface area contributed by atoms with E-state index >= 15 is 0 Å². The smallest absolute Gasteiger partial charge is 0.213 e. The van der Waals surface area contributed by atoms with Gasteiger partial charge in [0.05, 0.1) is 24.7 Å². The van der Waals surface area contributed by atoms with Crippen LogP contribution in [-0.2, 0) is 16.4 Å². The van der Waals surface area contributed by atoms with E-state index in [4.69, 9.17) is 4.74 Å². The Morgan fingerprint density at radius 1 is 1.38 bits per heavy atom. The highest BCUT2D eigenvalue weighted by atomic mass is 127. The van der Waals surface area contributed by atoms with Crippen LogP contribution in [0.25, 0.3) is 0 Å². The highest BCUT2D eigenvalue weighted by molar-refractivity contribution is 14.0. The molecule has 1 aliphatic carbocycles. The second-order valence-electron chi connectivity index (χ2n) is 6.70. The number of ether oxygens (including phenoxy) is 1. The molecule has 26 heavy (non-hydrogen) atoms. The first kappa shape index (κ1) is 21.2. The molecule has 1 unspecified atom stereocenters. The minimum atomic E-state index is -2.91. The summed E-state index contributed by atoms with van der Waals surface area (Å²) in [6.07, 6.45) is 4.86. The van der Waals surface area contributed by atoms with E-state index in [1.54, 1.807) is 6.20 Å². The number of aliphatic imine (C=N–C) groups is 1. The van der Waals surface area contributed by atoms with Crippen LogP contribution in [0, 0.1) is 5.92 Å². The summed E-state index contributed by atoms with van der Waals surface area (Å²) in [5.74, 6) is 2.39. The van der Waals surface area contributed by atoms with E-state index in [0.717, 1.165) is 18.7 Å². The number of sulfone groups is 1. The van der Waals surface area contributed by atoms with E-state index in [9.17, 15) is 8.42 Å². The largest absolute Gasteiger partial charge is 0.477 e. The van der Waals surface area contributed by atoms with Crippen LogP contribution in [0.4, 0.5) is 0 Å². The van der Waals surface area contributed by atoms with Gasteiger partial charge in [-0.2, -0.15) is 0 Å². The summed E-state index contributed by atoms with van der Waals surface area (Å²) in [7, 11) is -2.91. The summed E-state index contributed by atoms with van der Waals surface area (Å²) < 4.78 is 28.9. The molecule has 1 atom stereocenters. The fourth-order valence-corrected chi connectivity index (χ4v) is 4.38. The van der Waals surface area contributed by atoms with Gasteiger partial charge in [0, 0.05) is 24.8 Å². The Bertz CT molecular complexity index is 722. The molecule has 7 nitrogen and oxygen atoms in total. The number of hydrogen-bond acceptors (Lipinski definition) is 5. The zero-order valence-electron chi connectivity index (χ0n) is 15.0. The third-order valence-electron chi connectivity index (χ3n) is 4.30. The molecule has 0 aromatic carbocycles. The van der Waals surface area contributed by atoms with Gasteiger partial charge in [-0.3, -0.25) is 0 Å². The first-order chi connectivity index (χ1) is 12.0. The number of hydrogen-bond donors (Lipinski definition) is 2. The number of guanidine groups is 1. The lowest BCUT2D eigenvalue weighted by molar-refractivity contribution is 0.288. The van der Waals surface area contributed by atoms with Gasteiger partial charge in [0.25, 0.3) is 0 Å². The van der Waals surface area contributed by atoms with Gasteiger partial charge >= 0.3 is 0 Å². The molecule has 2 N–H and O–H groups in total. The van der Waals surface area contributed by atoms with Crippen molar-refractivity contribution in [2.75, 3.05) is 24.7 Å². The van der Waals surface area contributed by atoms with Crippen LogP contribution in [0.2, 0.25) is 0 Å². The van der Waals surface area contributed by atoms with Gasteiger partial charge in [0.1, 0.15) is 0 Å². The number of rotatable bonds is 7. The van der Waals surface area contributed by atoms with Gasteiger partial charge in [0.15, 0.2) is 15.8 Å². The lowest BCUT2D eigenvalue weighted by Gasteiger charge is -2.15. The van der Waals surface area contributed by atoms with Crippen molar-refractivity contribution in [2.45, 2.75) is 38.8 Å². The fraction of sp³-hybridized carbons (Fsp3) is 0.647. The van der Waals surface area contributed by atoms with Gasteiger partial charge in [-0.15, -0.1) is 24.0 Å². The minimum absolute atomic E-state index is 0. The average Bonchev–Trinajstić information content (AvgIpc) is 3.35. The van der Waals surface area contributed by atoms with Crippen molar-refractivity contribution in [1.82, 2.24) is 15.6 Å². The Morgan fingerprint density at radius 3 is 2.85 bits per heavy atom. The van der Waals surface area contributed by atoms with Gasteiger partial charge < -0.3 is 15.4 Å². The van der Waals surface area contributed by atoms with E-state index in [-0.39, 0.29) is 41.5 Å². The molecule has 1 aromatic heterocycles. The van der Waals surface area contributed by atoms with Crippen LogP contribution < -0.4 is 15.4 Å². The summed E-state index contributed by atoms with van der Waals surface area (Å²) in [4.78, 5) is 8.79. The van der Waals surface area contributed by atoms with Gasteiger partial charge in [-0.05, 0) is 43.7 Å².